The van der Waals surface area contributed by atoms with Crippen molar-refractivity contribution in [3.8, 4) is 0 Å². The fourth-order valence-electron chi connectivity index (χ4n) is 2.13. The van der Waals surface area contributed by atoms with Crippen LogP contribution in [-0.2, 0) is 0 Å². The lowest BCUT2D eigenvalue weighted by Crippen LogP contribution is -2.16. The number of benzene rings is 1. The summed E-state index contributed by atoms with van der Waals surface area (Å²) >= 11 is 5.94. The van der Waals surface area contributed by atoms with Crippen LogP contribution in [-0.4, -0.2) is 11.0 Å². The number of hydrogen-bond donors (Lipinski definition) is 1. The zero-order valence-corrected chi connectivity index (χ0v) is 13.3. The number of halogens is 1. The van der Waals surface area contributed by atoms with Crippen molar-refractivity contribution in [1.29, 1.82) is 0 Å². The molecule has 0 fully saturated rings. The van der Waals surface area contributed by atoms with Crippen LogP contribution < -0.4 is 5.32 Å². The first kappa shape index (κ1) is 16.8. The Morgan fingerprint density at radius 1 is 1.30 bits per heavy atom. The Labute approximate surface area is 125 Å². The van der Waals surface area contributed by atoms with Gasteiger partial charge in [0.2, 0.25) is 0 Å². The van der Waals surface area contributed by atoms with Gasteiger partial charge in [0.1, 0.15) is 5.02 Å². The highest BCUT2D eigenvalue weighted by Gasteiger charge is 2.15. The fourth-order valence-corrected chi connectivity index (χ4v) is 2.36. The van der Waals surface area contributed by atoms with Gasteiger partial charge in [-0.3, -0.25) is 10.1 Å². The number of anilines is 1. The maximum Gasteiger partial charge on any atom is 0.288 e. The summed E-state index contributed by atoms with van der Waals surface area (Å²) in [6.07, 6.45) is 3.46. The normalized spacial score (nSPS) is 12.5. The third kappa shape index (κ3) is 5.00. The molecule has 0 spiro atoms. The fraction of sp³-hybridized carbons (Fsp3) is 0.600. The average Bonchev–Trinajstić information content (AvgIpc) is 2.32. The second-order valence-corrected chi connectivity index (χ2v) is 6.15. The molecule has 1 rings (SSSR count). The van der Waals surface area contributed by atoms with Gasteiger partial charge in [-0.15, -0.1) is 0 Å². The second-order valence-electron chi connectivity index (χ2n) is 5.75. The minimum atomic E-state index is -0.453. The summed E-state index contributed by atoms with van der Waals surface area (Å²) in [6, 6.07) is 3.49. The van der Waals surface area contributed by atoms with E-state index >= 15 is 0 Å². The van der Waals surface area contributed by atoms with Crippen molar-refractivity contribution >= 4 is 23.0 Å². The Balaban J connectivity index is 2.68. The predicted molar refractivity (Wildman–Crippen MR) is 84.6 cm³/mol. The minimum Gasteiger partial charge on any atom is -0.382 e. The van der Waals surface area contributed by atoms with Crippen LogP contribution in [0.5, 0.6) is 0 Å². The molecule has 1 atom stereocenters. The van der Waals surface area contributed by atoms with Gasteiger partial charge in [0.15, 0.2) is 0 Å². The molecule has 0 saturated carbocycles. The lowest BCUT2D eigenvalue weighted by molar-refractivity contribution is -0.384. The number of nitro groups is 1. The molecule has 1 N–H and O–H groups in total. The third-order valence-electron chi connectivity index (χ3n) is 3.31. The summed E-state index contributed by atoms with van der Waals surface area (Å²) in [5.41, 5.74) is 1.68. The molecule has 4 nitrogen and oxygen atoms in total. The van der Waals surface area contributed by atoms with Gasteiger partial charge in [0.25, 0.3) is 5.69 Å². The topological polar surface area (TPSA) is 55.2 Å². The molecule has 1 unspecified atom stereocenters. The number of nitrogens with zero attached hydrogens (tertiary/aromatic N) is 1. The molecule has 1 aromatic rings. The molecule has 0 aliphatic carbocycles. The van der Waals surface area contributed by atoms with Crippen molar-refractivity contribution in [2.24, 2.45) is 5.92 Å². The largest absolute Gasteiger partial charge is 0.382 e. The number of aryl methyl sites for hydroxylation is 1. The van der Waals surface area contributed by atoms with Crippen molar-refractivity contribution in [2.75, 3.05) is 5.32 Å². The number of rotatable bonds is 7. The van der Waals surface area contributed by atoms with E-state index in [1.807, 2.05) is 6.92 Å². The highest BCUT2D eigenvalue weighted by Crippen LogP contribution is 2.31. The van der Waals surface area contributed by atoms with Gasteiger partial charge in [-0.05, 0) is 37.8 Å². The van der Waals surface area contributed by atoms with Gasteiger partial charge < -0.3 is 5.32 Å². The first-order valence-electron chi connectivity index (χ1n) is 7.02. The number of nitro benzene ring substituents is 1. The van der Waals surface area contributed by atoms with Crippen LogP contribution in [0.15, 0.2) is 12.1 Å². The van der Waals surface area contributed by atoms with Gasteiger partial charge >= 0.3 is 0 Å². The molecule has 5 heteroatoms. The Kier molecular flexibility index (Phi) is 6.27. The van der Waals surface area contributed by atoms with E-state index in [0.717, 1.165) is 23.6 Å². The summed E-state index contributed by atoms with van der Waals surface area (Å²) in [4.78, 5) is 10.4. The van der Waals surface area contributed by atoms with E-state index in [1.165, 1.54) is 18.9 Å². The molecule has 112 valence electrons. The molecule has 0 radical (unpaired) electrons. The van der Waals surface area contributed by atoms with Crippen molar-refractivity contribution in [3.63, 3.8) is 0 Å². The zero-order chi connectivity index (χ0) is 15.3. The zero-order valence-electron chi connectivity index (χ0n) is 12.6. The molecule has 1 aromatic carbocycles. The molecular weight excluding hydrogens is 276 g/mol. The molecule has 0 amide bonds. The maximum absolute atomic E-state index is 10.8. The second kappa shape index (κ2) is 7.48. The van der Waals surface area contributed by atoms with Crippen molar-refractivity contribution in [2.45, 2.75) is 53.0 Å². The molecular formula is C15H23ClN2O2. The highest BCUT2D eigenvalue weighted by atomic mass is 35.5. The van der Waals surface area contributed by atoms with Crippen LogP contribution in [0.4, 0.5) is 11.4 Å². The first-order chi connectivity index (χ1) is 9.31. The van der Waals surface area contributed by atoms with Crippen molar-refractivity contribution < 1.29 is 4.92 Å². The number of hydrogen-bond acceptors (Lipinski definition) is 3. The molecule has 20 heavy (non-hydrogen) atoms. The lowest BCUT2D eigenvalue weighted by Gasteiger charge is -2.17. The van der Waals surface area contributed by atoms with E-state index in [4.69, 9.17) is 11.6 Å². The maximum atomic E-state index is 10.8. The van der Waals surface area contributed by atoms with Crippen LogP contribution in [0, 0.1) is 23.0 Å². The van der Waals surface area contributed by atoms with Crippen LogP contribution in [0.25, 0.3) is 0 Å². The van der Waals surface area contributed by atoms with Crippen LogP contribution in [0.1, 0.15) is 45.6 Å². The monoisotopic (exact) mass is 298 g/mol. The summed E-state index contributed by atoms with van der Waals surface area (Å²) in [5.74, 6) is 0.720. The Hall–Kier alpha value is -1.29. The molecule has 0 aromatic heterocycles. The van der Waals surface area contributed by atoms with E-state index in [0.29, 0.717) is 6.04 Å². The molecule has 0 heterocycles. The van der Waals surface area contributed by atoms with E-state index in [2.05, 4.69) is 26.1 Å². The van der Waals surface area contributed by atoms with Crippen LogP contribution in [0.2, 0.25) is 5.02 Å². The summed E-state index contributed by atoms with van der Waals surface area (Å²) in [6.45, 7) is 8.41. The van der Waals surface area contributed by atoms with Gasteiger partial charge in [-0.1, -0.05) is 38.3 Å². The summed E-state index contributed by atoms with van der Waals surface area (Å²) < 4.78 is 0. The quantitative estimate of drug-likeness (QED) is 0.557. The molecule has 0 saturated heterocycles. The van der Waals surface area contributed by atoms with Gasteiger partial charge in [0.05, 0.1) is 4.92 Å². The Bertz CT molecular complexity index is 475. The SMILES string of the molecule is Cc1cc([N+](=O)[O-])c(Cl)cc1NC(C)CCCC(C)C. The number of nitrogens with one attached hydrogen (secondary N) is 1. The Morgan fingerprint density at radius 2 is 1.95 bits per heavy atom. The minimum absolute atomic E-state index is 0.0397. The summed E-state index contributed by atoms with van der Waals surface area (Å²) in [7, 11) is 0. The average molecular weight is 299 g/mol. The lowest BCUT2D eigenvalue weighted by atomic mass is 10.0. The van der Waals surface area contributed by atoms with E-state index in [9.17, 15) is 10.1 Å². The van der Waals surface area contributed by atoms with Crippen LogP contribution >= 0.6 is 11.6 Å². The third-order valence-corrected chi connectivity index (χ3v) is 3.61. The Morgan fingerprint density at radius 3 is 2.50 bits per heavy atom. The predicted octanol–water partition coefficient (Wildman–Crippen LogP) is 5.18. The van der Waals surface area contributed by atoms with Crippen molar-refractivity contribution in [3.05, 3.63) is 32.8 Å². The van der Waals surface area contributed by atoms with E-state index in [1.54, 1.807) is 6.07 Å². The standard InChI is InChI=1S/C15H23ClN2O2/c1-10(2)6-5-7-12(4)17-14-9-13(16)15(18(19)20)8-11(14)3/h8-10,12,17H,5-7H2,1-4H3. The smallest absolute Gasteiger partial charge is 0.288 e. The van der Waals surface area contributed by atoms with Gasteiger partial charge in [-0.2, -0.15) is 0 Å². The molecule has 0 aliphatic rings. The highest BCUT2D eigenvalue weighted by molar-refractivity contribution is 6.33. The van der Waals surface area contributed by atoms with E-state index < -0.39 is 4.92 Å². The van der Waals surface area contributed by atoms with Gasteiger partial charge in [-0.25, -0.2) is 0 Å². The van der Waals surface area contributed by atoms with Gasteiger partial charge in [0, 0.05) is 17.8 Å². The molecule has 0 bridgehead atoms. The van der Waals surface area contributed by atoms with E-state index in [-0.39, 0.29) is 10.7 Å². The van der Waals surface area contributed by atoms with Crippen LogP contribution in [0.3, 0.4) is 0 Å². The summed E-state index contributed by atoms with van der Waals surface area (Å²) in [5, 5.41) is 14.4. The first-order valence-corrected chi connectivity index (χ1v) is 7.40. The van der Waals surface area contributed by atoms with Crippen molar-refractivity contribution in [1.82, 2.24) is 0 Å². The molecule has 0 aliphatic heterocycles.